The molecule has 8 heteroatoms. The molecule has 21 heavy (non-hydrogen) atoms. The first-order chi connectivity index (χ1) is 9.82. The summed E-state index contributed by atoms with van der Waals surface area (Å²) >= 11 is 0. The van der Waals surface area contributed by atoms with Crippen LogP contribution in [0, 0.1) is 0 Å². The Labute approximate surface area is 118 Å². The molecular weight excluding hydrogens is 287 g/mol. The van der Waals surface area contributed by atoms with Crippen LogP contribution in [0.4, 0.5) is 24.5 Å². The number of hydrogen-bond acceptors (Lipinski definition) is 3. The number of nitrogens with zero attached hydrogens (tertiary/aromatic N) is 2. The number of alkyl halides is 3. The quantitative estimate of drug-likeness (QED) is 0.932. The first-order valence-electron chi connectivity index (χ1n) is 6.19. The Morgan fingerprint density at radius 2 is 2.05 bits per heavy atom. The molecule has 5 nitrogen and oxygen atoms in total. The second kappa shape index (κ2) is 5.55. The molecule has 1 aliphatic heterocycles. The van der Waals surface area contributed by atoms with Gasteiger partial charge in [0.2, 0.25) is 5.91 Å². The maximum absolute atomic E-state index is 12.6. The van der Waals surface area contributed by atoms with Crippen LogP contribution in [-0.4, -0.2) is 23.7 Å². The highest BCUT2D eigenvalue weighted by Gasteiger charge is 2.43. The summed E-state index contributed by atoms with van der Waals surface area (Å²) in [5, 5.41) is 6.53. The molecule has 1 aliphatic rings. The van der Waals surface area contributed by atoms with Crippen molar-refractivity contribution in [2.45, 2.75) is 25.9 Å². The van der Waals surface area contributed by atoms with Crippen molar-refractivity contribution in [2.75, 3.05) is 10.3 Å². The summed E-state index contributed by atoms with van der Waals surface area (Å²) in [4.78, 5) is 23.2. The molecule has 0 atom stereocenters. The summed E-state index contributed by atoms with van der Waals surface area (Å²) in [5.74, 6) is -1.10. The van der Waals surface area contributed by atoms with Gasteiger partial charge in [-0.25, -0.2) is 0 Å². The summed E-state index contributed by atoms with van der Waals surface area (Å²) < 4.78 is 37.8. The van der Waals surface area contributed by atoms with Gasteiger partial charge in [0.05, 0.1) is 17.8 Å². The van der Waals surface area contributed by atoms with E-state index in [9.17, 15) is 22.8 Å². The standard InChI is InChI=1S/C13H12F3N3O2/c1-2-11(20)17-8-5-3-4-6-9(8)19-12(21)7-10(18-19)13(14,15)16/h3-6H,2,7H2,1H3,(H,17,20). The number of carbonyl (C=O) groups is 2. The van der Waals surface area contributed by atoms with Gasteiger partial charge in [-0.3, -0.25) is 9.59 Å². The molecule has 1 heterocycles. The van der Waals surface area contributed by atoms with Crippen LogP contribution < -0.4 is 10.3 Å². The van der Waals surface area contributed by atoms with Gasteiger partial charge in [-0.2, -0.15) is 23.3 Å². The monoisotopic (exact) mass is 299 g/mol. The number of nitrogens with one attached hydrogen (secondary N) is 1. The Hall–Kier alpha value is -2.38. The number of carbonyl (C=O) groups excluding carboxylic acids is 2. The third-order valence-corrected chi connectivity index (χ3v) is 2.83. The Balaban J connectivity index is 2.36. The highest BCUT2D eigenvalue weighted by molar-refractivity contribution is 6.16. The van der Waals surface area contributed by atoms with Crippen LogP contribution >= 0.6 is 0 Å². The lowest BCUT2D eigenvalue weighted by Gasteiger charge is -2.16. The number of benzene rings is 1. The molecule has 0 saturated carbocycles. The third-order valence-electron chi connectivity index (χ3n) is 2.83. The number of rotatable bonds is 3. The second-order valence-electron chi connectivity index (χ2n) is 4.35. The lowest BCUT2D eigenvalue weighted by Crippen LogP contribution is -2.22. The SMILES string of the molecule is CCC(=O)Nc1ccccc1N1N=C(C(F)(F)F)CC1=O. The molecule has 0 bridgehead atoms. The molecule has 1 N–H and O–H groups in total. The maximum atomic E-state index is 12.6. The van der Waals surface area contributed by atoms with E-state index < -0.39 is 24.2 Å². The zero-order valence-electron chi connectivity index (χ0n) is 11.1. The van der Waals surface area contributed by atoms with E-state index in [-0.39, 0.29) is 23.7 Å². The number of amides is 2. The van der Waals surface area contributed by atoms with Crippen molar-refractivity contribution in [3.8, 4) is 0 Å². The van der Waals surface area contributed by atoms with Crippen molar-refractivity contribution in [2.24, 2.45) is 5.10 Å². The number of halogens is 3. The zero-order chi connectivity index (χ0) is 15.6. The molecule has 1 aromatic rings. The molecular formula is C13H12F3N3O2. The fourth-order valence-corrected chi connectivity index (χ4v) is 1.78. The minimum atomic E-state index is -4.65. The largest absolute Gasteiger partial charge is 0.431 e. The Morgan fingerprint density at radius 3 is 2.62 bits per heavy atom. The van der Waals surface area contributed by atoms with Crippen LogP contribution in [0.15, 0.2) is 29.4 Å². The summed E-state index contributed by atoms with van der Waals surface area (Å²) in [6.45, 7) is 1.64. The third kappa shape index (κ3) is 3.21. The summed E-state index contributed by atoms with van der Waals surface area (Å²) in [7, 11) is 0. The molecule has 0 radical (unpaired) electrons. The Bertz CT molecular complexity index is 611. The highest BCUT2D eigenvalue weighted by atomic mass is 19.4. The molecule has 0 unspecified atom stereocenters. The van der Waals surface area contributed by atoms with Crippen LogP contribution in [-0.2, 0) is 9.59 Å². The van der Waals surface area contributed by atoms with Crippen LogP contribution in [0.25, 0.3) is 0 Å². The predicted molar refractivity (Wildman–Crippen MR) is 71.0 cm³/mol. The van der Waals surface area contributed by atoms with Crippen LogP contribution in [0.2, 0.25) is 0 Å². The molecule has 0 spiro atoms. The van der Waals surface area contributed by atoms with E-state index in [1.54, 1.807) is 19.1 Å². The number of hydrazone groups is 1. The number of anilines is 2. The molecule has 0 aromatic heterocycles. The van der Waals surface area contributed by atoms with Crippen molar-refractivity contribution >= 4 is 28.9 Å². The molecule has 1 aromatic carbocycles. The zero-order valence-corrected chi connectivity index (χ0v) is 11.1. The first-order valence-corrected chi connectivity index (χ1v) is 6.19. The summed E-state index contributed by atoms with van der Waals surface area (Å²) in [6, 6.07) is 6.07. The van der Waals surface area contributed by atoms with E-state index in [1.165, 1.54) is 12.1 Å². The normalized spacial score (nSPS) is 15.1. The highest BCUT2D eigenvalue weighted by Crippen LogP contribution is 2.32. The van der Waals surface area contributed by atoms with E-state index >= 15 is 0 Å². The average Bonchev–Trinajstić information content (AvgIpc) is 2.81. The topological polar surface area (TPSA) is 61.8 Å². The molecule has 112 valence electrons. The average molecular weight is 299 g/mol. The van der Waals surface area contributed by atoms with Crippen LogP contribution in [0.3, 0.4) is 0 Å². The van der Waals surface area contributed by atoms with Gasteiger partial charge in [-0.05, 0) is 12.1 Å². The smallest absolute Gasteiger partial charge is 0.324 e. The fourth-order valence-electron chi connectivity index (χ4n) is 1.78. The van der Waals surface area contributed by atoms with Crippen molar-refractivity contribution in [1.82, 2.24) is 0 Å². The van der Waals surface area contributed by atoms with E-state index in [0.717, 1.165) is 0 Å². The van der Waals surface area contributed by atoms with Crippen LogP contribution in [0.5, 0.6) is 0 Å². The van der Waals surface area contributed by atoms with E-state index in [2.05, 4.69) is 10.4 Å². The lowest BCUT2D eigenvalue weighted by atomic mass is 10.2. The van der Waals surface area contributed by atoms with Gasteiger partial charge in [0.1, 0.15) is 0 Å². The molecule has 2 amide bonds. The van der Waals surface area contributed by atoms with Crippen molar-refractivity contribution in [3.63, 3.8) is 0 Å². The van der Waals surface area contributed by atoms with Crippen molar-refractivity contribution in [1.29, 1.82) is 0 Å². The van der Waals surface area contributed by atoms with Crippen molar-refractivity contribution < 1.29 is 22.8 Å². The molecule has 0 aliphatic carbocycles. The van der Waals surface area contributed by atoms with Crippen LogP contribution in [0.1, 0.15) is 19.8 Å². The van der Waals surface area contributed by atoms with E-state index in [4.69, 9.17) is 0 Å². The lowest BCUT2D eigenvalue weighted by molar-refractivity contribution is -0.117. The minimum absolute atomic E-state index is 0.114. The second-order valence-corrected chi connectivity index (χ2v) is 4.35. The van der Waals surface area contributed by atoms with Gasteiger partial charge in [0.15, 0.2) is 5.71 Å². The predicted octanol–water partition coefficient (Wildman–Crippen LogP) is 2.69. The van der Waals surface area contributed by atoms with Gasteiger partial charge >= 0.3 is 6.18 Å². The molecule has 2 rings (SSSR count). The Morgan fingerprint density at radius 1 is 1.38 bits per heavy atom. The van der Waals surface area contributed by atoms with E-state index in [0.29, 0.717) is 5.01 Å². The summed E-state index contributed by atoms with van der Waals surface area (Å²) in [5.41, 5.74) is -0.794. The maximum Gasteiger partial charge on any atom is 0.431 e. The minimum Gasteiger partial charge on any atom is -0.324 e. The van der Waals surface area contributed by atoms with Gasteiger partial charge < -0.3 is 5.32 Å². The van der Waals surface area contributed by atoms with E-state index in [1.807, 2.05) is 0 Å². The van der Waals surface area contributed by atoms with Gasteiger partial charge in [-0.15, -0.1) is 0 Å². The first kappa shape index (κ1) is 15.0. The summed E-state index contributed by atoms with van der Waals surface area (Å²) in [6.07, 6.45) is -5.25. The fraction of sp³-hybridized carbons (Fsp3) is 0.308. The van der Waals surface area contributed by atoms with Gasteiger partial charge in [0.25, 0.3) is 5.91 Å². The van der Waals surface area contributed by atoms with Gasteiger partial charge in [0, 0.05) is 6.42 Å². The number of hydrogen-bond donors (Lipinski definition) is 1. The van der Waals surface area contributed by atoms with Crippen molar-refractivity contribution in [3.05, 3.63) is 24.3 Å². The Kier molecular flexibility index (Phi) is 3.97. The van der Waals surface area contributed by atoms with Gasteiger partial charge in [-0.1, -0.05) is 19.1 Å². The molecule has 0 fully saturated rings. The number of para-hydroxylation sites is 2. The molecule has 0 saturated heterocycles.